The monoisotopic (exact) mass is 186 g/mol. The smallest absolute Gasteiger partial charge is 0.366 e. The fraction of sp³-hybridized carbons (Fsp3) is 0. The average Bonchev–Trinajstić information content (AvgIpc) is 1.88. The molecule has 0 fully saturated rings. The maximum atomic E-state index is 10.1. The van der Waals surface area contributed by atoms with E-state index in [-0.39, 0.29) is 28.9 Å². The third-order valence-electron chi connectivity index (χ3n) is 0.731. The maximum Gasteiger partial charge on any atom is 0.366 e. The summed E-state index contributed by atoms with van der Waals surface area (Å²) in [5.74, 6) is 0.0638. The van der Waals surface area contributed by atoms with Crippen molar-refractivity contribution in [3.63, 3.8) is 0 Å². The molecule has 1 aromatic rings. The fourth-order valence-corrected chi connectivity index (χ4v) is 0.712. The summed E-state index contributed by atoms with van der Waals surface area (Å²) in [5.41, 5.74) is 0. The third-order valence-corrected chi connectivity index (χ3v) is 1.12. The Hall–Kier alpha value is -0.164. The van der Waals surface area contributed by atoms with Crippen molar-refractivity contribution in [1.82, 2.24) is 9.97 Å². The van der Waals surface area contributed by atoms with Gasteiger partial charge in [0.2, 0.25) is 5.88 Å². The van der Waals surface area contributed by atoms with Gasteiger partial charge in [-0.2, -0.15) is 0 Å². The number of rotatable bonds is 2. The second-order valence-electron chi connectivity index (χ2n) is 1.41. The first-order valence-electron chi connectivity index (χ1n) is 2.46. The van der Waals surface area contributed by atoms with E-state index >= 15 is 0 Å². The van der Waals surface area contributed by atoms with E-state index in [4.69, 9.17) is 4.89 Å². The molecule has 1 unspecified atom stereocenters. The van der Waals surface area contributed by atoms with Crippen molar-refractivity contribution >= 4 is 31.3 Å². The highest BCUT2D eigenvalue weighted by Gasteiger charge is 1.94. The van der Waals surface area contributed by atoms with Gasteiger partial charge in [0, 0.05) is 12.4 Å². The van der Waals surface area contributed by atoms with Crippen LogP contribution in [0.5, 0.6) is 5.88 Å². The number of nitrogens with zero attached hydrogens (tertiary/aromatic N) is 2. The van der Waals surface area contributed by atoms with E-state index < -0.39 is 8.25 Å². The SMILES string of the molecule is O=[PH](O)Oc1cnccn1.[MgH2]. The predicted octanol–water partition coefficient (Wildman–Crippen LogP) is -0.679. The lowest BCUT2D eigenvalue weighted by Gasteiger charge is -1.96. The van der Waals surface area contributed by atoms with Crippen LogP contribution in [0.4, 0.5) is 0 Å². The molecule has 1 rings (SSSR count). The van der Waals surface area contributed by atoms with E-state index in [1.54, 1.807) is 0 Å². The largest absolute Gasteiger partial charge is 0.406 e. The van der Waals surface area contributed by atoms with Gasteiger partial charge >= 0.3 is 31.3 Å². The zero-order valence-electron chi connectivity index (χ0n) is 4.89. The van der Waals surface area contributed by atoms with E-state index in [1.165, 1.54) is 18.6 Å². The van der Waals surface area contributed by atoms with Crippen molar-refractivity contribution in [3.05, 3.63) is 18.6 Å². The lowest BCUT2D eigenvalue weighted by molar-refractivity contribution is 0.403. The van der Waals surface area contributed by atoms with Crippen LogP contribution in [0.1, 0.15) is 0 Å². The zero-order valence-corrected chi connectivity index (χ0v) is 5.89. The summed E-state index contributed by atoms with van der Waals surface area (Å²) in [6, 6.07) is 0. The molecule has 0 saturated carbocycles. The Morgan fingerprint density at radius 2 is 2.27 bits per heavy atom. The molecule has 0 aromatic carbocycles. The highest BCUT2D eigenvalue weighted by atomic mass is 31.1. The lowest BCUT2D eigenvalue weighted by Crippen LogP contribution is -1.84. The van der Waals surface area contributed by atoms with Gasteiger partial charge in [-0.3, -0.25) is 4.98 Å². The van der Waals surface area contributed by atoms with Gasteiger partial charge in [0.05, 0.1) is 6.20 Å². The van der Waals surface area contributed by atoms with Crippen molar-refractivity contribution in [2.45, 2.75) is 0 Å². The Morgan fingerprint density at radius 3 is 2.73 bits per heavy atom. The molecule has 7 heteroatoms. The molecule has 5 nitrogen and oxygen atoms in total. The van der Waals surface area contributed by atoms with Gasteiger partial charge in [0.15, 0.2) is 0 Å². The summed E-state index contributed by atoms with van der Waals surface area (Å²) in [7, 11) is -2.94. The van der Waals surface area contributed by atoms with Crippen LogP contribution in [0, 0.1) is 0 Å². The van der Waals surface area contributed by atoms with Crippen molar-refractivity contribution in [1.29, 1.82) is 0 Å². The molecule has 1 N–H and O–H groups in total. The Bertz CT molecular complexity index is 232. The quantitative estimate of drug-likeness (QED) is 0.489. The Kier molecular flexibility index (Phi) is 5.40. The van der Waals surface area contributed by atoms with Gasteiger partial charge in [-0.1, -0.05) is 0 Å². The molecular weight excluding hydrogens is 179 g/mol. The first-order valence-corrected chi connectivity index (χ1v) is 3.72. The number of hydrogen-bond acceptors (Lipinski definition) is 4. The molecule has 58 valence electrons. The number of aromatic nitrogens is 2. The molecule has 0 radical (unpaired) electrons. The third kappa shape index (κ3) is 4.31. The molecule has 11 heavy (non-hydrogen) atoms. The van der Waals surface area contributed by atoms with Crippen LogP contribution in [0.15, 0.2) is 18.6 Å². The summed E-state index contributed by atoms with van der Waals surface area (Å²) in [5, 5.41) is 0. The molecule has 0 bridgehead atoms. The minimum atomic E-state index is -2.94. The zero-order chi connectivity index (χ0) is 7.40. The summed E-state index contributed by atoms with van der Waals surface area (Å²) in [6.07, 6.45) is 4.08. The molecule has 1 aromatic heterocycles. The Balaban J connectivity index is 0.000001000. The summed E-state index contributed by atoms with van der Waals surface area (Å²) >= 11 is 0. The summed E-state index contributed by atoms with van der Waals surface area (Å²) in [4.78, 5) is 15.5. The van der Waals surface area contributed by atoms with Crippen LogP contribution >= 0.6 is 8.25 Å². The topological polar surface area (TPSA) is 72.3 Å². The highest BCUT2D eigenvalue weighted by Crippen LogP contribution is 2.17. The van der Waals surface area contributed by atoms with Crippen LogP contribution < -0.4 is 4.52 Å². The van der Waals surface area contributed by atoms with Gasteiger partial charge in [-0.15, -0.1) is 0 Å². The molecule has 0 amide bonds. The summed E-state index contributed by atoms with van der Waals surface area (Å²) < 4.78 is 14.4. The van der Waals surface area contributed by atoms with Crippen LogP contribution in [-0.2, 0) is 4.57 Å². The molecular formula is C4H7MgN2O3P. The van der Waals surface area contributed by atoms with Crippen LogP contribution in [0.3, 0.4) is 0 Å². The molecule has 1 atom stereocenters. The fourth-order valence-electron chi connectivity index (χ4n) is 0.428. The molecule has 0 saturated heterocycles. The number of hydrogen-bond donors (Lipinski definition) is 1. The molecule has 0 spiro atoms. The van der Waals surface area contributed by atoms with E-state index in [0.717, 1.165) is 0 Å². The van der Waals surface area contributed by atoms with Gasteiger partial charge in [0.25, 0.3) is 0 Å². The van der Waals surface area contributed by atoms with Crippen molar-refractivity contribution in [2.75, 3.05) is 0 Å². The first kappa shape index (κ1) is 10.8. The second-order valence-corrected chi connectivity index (χ2v) is 2.15. The van der Waals surface area contributed by atoms with Crippen LogP contribution in [-0.4, -0.2) is 37.9 Å². The maximum absolute atomic E-state index is 10.1. The highest BCUT2D eigenvalue weighted by molar-refractivity contribution is 7.32. The first-order chi connectivity index (χ1) is 4.79. The standard InChI is InChI=1S/C4H5N2O3P.Mg.2H/c7-10(8)9-4-3-5-1-2-6-4;;;/h1-3,10H,(H,7,8);;;. The van der Waals surface area contributed by atoms with E-state index in [2.05, 4.69) is 14.5 Å². The minimum Gasteiger partial charge on any atom is -0.406 e. The molecule has 0 aliphatic heterocycles. The Morgan fingerprint density at radius 1 is 1.55 bits per heavy atom. The molecule has 1 heterocycles. The van der Waals surface area contributed by atoms with E-state index in [1.807, 2.05) is 0 Å². The van der Waals surface area contributed by atoms with Gasteiger partial charge in [-0.25, -0.2) is 9.55 Å². The van der Waals surface area contributed by atoms with Crippen molar-refractivity contribution in [2.24, 2.45) is 0 Å². The van der Waals surface area contributed by atoms with E-state index in [0.29, 0.717) is 0 Å². The molecule has 0 aliphatic carbocycles. The van der Waals surface area contributed by atoms with Crippen molar-refractivity contribution < 1.29 is 14.0 Å². The van der Waals surface area contributed by atoms with Gasteiger partial charge in [-0.05, 0) is 0 Å². The van der Waals surface area contributed by atoms with Crippen LogP contribution in [0.25, 0.3) is 0 Å². The van der Waals surface area contributed by atoms with Crippen molar-refractivity contribution in [3.8, 4) is 5.88 Å². The second kappa shape index (κ2) is 5.48. The minimum absolute atomic E-state index is 0. The normalized spacial score (nSPS) is 11.4. The molecule has 0 aliphatic rings. The van der Waals surface area contributed by atoms with E-state index in [9.17, 15) is 4.57 Å². The van der Waals surface area contributed by atoms with Gasteiger partial charge < -0.3 is 9.42 Å². The lowest BCUT2D eigenvalue weighted by atomic mass is 10.7. The summed E-state index contributed by atoms with van der Waals surface area (Å²) in [6.45, 7) is 0. The Labute approximate surface area is 79.9 Å². The van der Waals surface area contributed by atoms with Gasteiger partial charge in [0.1, 0.15) is 0 Å². The average molecular weight is 186 g/mol. The predicted molar refractivity (Wildman–Crippen MR) is 42.4 cm³/mol. The van der Waals surface area contributed by atoms with Crippen LogP contribution in [0.2, 0.25) is 0 Å².